The average molecular weight is 383 g/mol. The second kappa shape index (κ2) is 6.67. The van der Waals surface area contributed by atoms with E-state index in [-0.39, 0.29) is 5.91 Å². The van der Waals surface area contributed by atoms with Crippen molar-refractivity contribution in [2.75, 3.05) is 20.1 Å². The second-order valence-electron chi connectivity index (χ2n) is 7.68. The van der Waals surface area contributed by atoms with E-state index in [2.05, 4.69) is 0 Å². The Morgan fingerprint density at radius 3 is 2.36 bits per heavy atom. The van der Waals surface area contributed by atoms with Crippen molar-refractivity contribution >= 4 is 27.3 Å². The molecule has 1 saturated heterocycles. The molecule has 5 nitrogen and oxygen atoms in total. The van der Waals surface area contributed by atoms with Gasteiger partial charge in [0.1, 0.15) is 4.21 Å². The molecule has 138 valence electrons. The summed E-state index contributed by atoms with van der Waals surface area (Å²) >= 11 is 1.26. The van der Waals surface area contributed by atoms with Gasteiger partial charge in [-0.25, -0.2) is 8.42 Å². The SMILES string of the molecule is CN(C(=O)Cc1ccc(S(=O)(=O)N2CCCC2)s1)C(C1CC1)C1CC1. The van der Waals surface area contributed by atoms with Crippen molar-refractivity contribution in [2.45, 2.75) is 55.2 Å². The van der Waals surface area contributed by atoms with E-state index in [9.17, 15) is 13.2 Å². The van der Waals surface area contributed by atoms with Gasteiger partial charge in [-0.1, -0.05) is 0 Å². The molecule has 3 aliphatic rings. The highest BCUT2D eigenvalue weighted by Gasteiger charge is 2.44. The van der Waals surface area contributed by atoms with Crippen LogP contribution in [-0.2, 0) is 21.2 Å². The third-order valence-electron chi connectivity index (χ3n) is 5.67. The number of nitrogens with zero attached hydrogens (tertiary/aromatic N) is 2. The Kier molecular flexibility index (Phi) is 4.67. The molecule has 1 aromatic heterocycles. The number of sulfonamides is 1. The molecule has 4 rings (SSSR count). The maximum atomic E-state index is 12.7. The largest absolute Gasteiger partial charge is 0.342 e. The molecule has 1 aromatic rings. The van der Waals surface area contributed by atoms with E-state index < -0.39 is 10.0 Å². The van der Waals surface area contributed by atoms with Crippen LogP contribution in [0.3, 0.4) is 0 Å². The minimum Gasteiger partial charge on any atom is -0.342 e. The summed E-state index contributed by atoms with van der Waals surface area (Å²) in [6.45, 7) is 1.23. The Hall–Kier alpha value is -0.920. The minimum absolute atomic E-state index is 0.121. The molecule has 0 radical (unpaired) electrons. The standard InChI is InChI=1S/C18H26N2O3S2/c1-19(18(13-4-5-13)14-6-7-14)16(21)12-15-8-9-17(24-15)25(22,23)20-10-2-3-11-20/h8-9,13-14,18H,2-7,10-12H2,1H3. The van der Waals surface area contributed by atoms with Gasteiger partial charge in [-0.2, -0.15) is 4.31 Å². The van der Waals surface area contributed by atoms with Crippen molar-refractivity contribution in [1.29, 1.82) is 0 Å². The Balaban J connectivity index is 1.42. The van der Waals surface area contributed by atoms with Crippen LogP contribution < -0.4 is 0 Å². The molecule has 0 N–H and O–H groups in total. The summed E-state index contributed by atoms with van der Waals surface area (Å²) in [5.74, 6) is 1.50. The van der Waals surface area contributed by atoms with Crippen LogP contribution >= 0.6 is 11.3 Å². The van der Waals surface area contributed by atoms with E-state index in [1.807, 2.05) is 18.0 Å². The molecule has 2 aliphatic carbocycles. The predicted molar refractivity (Wildman–Crippen MR) is 98.0 cm³/mol. The molecule has 0 aromatic carbocycles. The molecule has 0 spiro atoms. The van der Waals surface area contributed by atoms with Crippen LogP contribution in [0.5, 0.6) is 0 Å². The third-order valence-corrected chi connectivity index (χ3v) is 9.12. The molecule has 2 heterocycles. The van der Waals surface area contributed by atoms with E-state index >= 15 is 0 Å². The zero-order valence-corrected chi connectivity index (χ0v) is 16.3. The summed E-state index contributed by atoms with van der Waals surface area (Å²) < 4.78 is 27.2. The fourth-order valence-corrected chi connectivity index (χ4v) is 7.00. The highest BCUT2D eigenvalue weighted by Crippen LogP contribution is 2.47. The zero-order valence-electron chi connectivity index (χ0n) is 14.7. The molecule has 2 saturated carbocycles. The van der Waals surface area contributed by atoms with Gasteiger partial charge in [0.15, 0.2) is 0 Å². The van der Waals surface area contributed by atoms with Crippen LogP contribution in [0.1, 0.15) is 43.4 Å². The van der Waals surface area contributed by atoms with E-state index in [4.69, 9.17) is 0 Å². The van der Waals surface area contributed by atoms with Crippen LogP contribution in [-0.4, -0.2) is 49.7 Å². The Morgan fingerprint density at radius 1 is 1.20 bits per heavy atom. The molecule has 1 amide bonds. The average Bonchev–Trinajstić information content (AvgIpc) is 3.48. The lowest BCUT2D eigenvalue weighted by atomic mass is 10.1. The van der Waals surface area contributed by atoms with Gasteiger partial charge in [0, 0.05) is 31.1 Å². The van der Waals surface area contributed by atoms with E-state index in [0.717, 1.165) is 17.7 Å². The van der Waals surface area contributed by atoms with Gasteiger partial charge >= 0.3 is 0 Å². The van der Waals surface area contributed by atoms with Crippen molar-refractivity contribution in [1.82, 2.24) is 9.21 Å². The first kappa shape index (κ1) is 17.5. The summed E-state index contributed by atoms with van der Waals surface area (Å²) in [5, 5.41) is 0. The lowest BCUT2D eigenvalue weighted by molar-refractivity contribution is -0.132. The molecular weight excluding hydrogens is 356 g/mol. The van der Waals surface area contributed by atoms with Crippen LogP contribution in [0.15, 0.2) is 16.3 Å². The number of hydrogen-bond donors (Lipinski definition) is 0. The molecular formula is C18H26N2O3S2. The lowest BCUT2D eigenvalue weighted by Crippen LogP contribution is -2.40. The van der Waals surface area contributed by atoms with Gasteiger partial charge < -0.3 is 4.90 Å². The summed E-state index contributed by atoms with van der Waals surface area (Å²) in [5.41, 5.74) is 0. The maximum Gasteiger partial charge on any atom is 0.252 e. The first-order valence-corrected chi connectivity index (χ1v) is 11.6. The predicted octanol–water partition coefficient (Wildman–Crippen LogP) is 2.72. The van der Waals surface area contributed by atoms with Gasteiger partial charge in [0.2, 0.25) is 5.91 Å². The van der Waals surface area contributed by atoms with Gasteiger partial charge in [-0.05, 0) is 62.5 Å². The van der Waals surface area contributed by atoms with Crippen LogP contribution in [0.25, 0.3) is 0 Å². The molecule has 3 fully saturated rings. The van der Waals surface area contributed by atoms with Crippen LogP contribution in [0, 0.1) is 11.8 Å². The Morgan fingerprint density at radius 2 is 1.80 bits per heavy atom. The summed E-state index contributed by atoms with van der Waals surface area (Å²) in [6.07, 6.45) is 7.17. The fraction of sp³-hybridized carbons (Fsp3) is 0.722. The number of thiophene rings is 1. The van der Waals surface area contributed by atoms with Crippen LogP contribution in [0.2, 0.25) is 0 Å². The highest BCUT2D eigenvalue weighted by atomic mass is 32.2. The van der Waals surface area contributed by atoms with Gasteiger partial charge in [0.05, 0.1) is 6.42 Å². The first-order chi connectivity index (χ1) is 12.0. The molecule has 25 heavy (non-hydrogen) atoms. The van der Waals surface area contributed by atoms with Crippen molar-refractivity contribution in [3.63, 3.8) is 0 Å². The summed E-state index contributed by atoms with van der Waals surface area (Å²) in [4.78, 5) is 15.5. The van der Waals surface area contributed by atoms with Crippen molar-refractivity contribution < 1.29 is 13.2 Å². The van der Waals surface area contributed by atoms with Gasteiger partial charge in [0.25, 0.3) is 10.0 Å². The van der Waals surface area contributed by atoms with E-state index in [1.165, 1.54) is 37.0 Å². The molecule has 0 atom stereocenters. The van der Waals surface area contributed by atoms with E-state index in [1.54, 1.807) is 10.4 Å². The number of rotatable bonds is 7. The summed E-state index contributed by atoms with van der Waals surface area (Å²) in [7, 11) is -1.44. The topological polar surface area (TPSA) is 57.7 Å². The maximum absolute atomic E-state index is 12.7. The Labute approximate surface area is 154 Å². The first-order valence-electron chi connectivity index (χ1n) is 9.31. The molecule has 0 bridgehead atoms. The molecule has 0 unspecified atom stereocenters. The third kappa shape index (κ3) is 3.64. The smallest absolute Gasteiger partial charge is 0.252 e. The zero-order chi connectivity index (χ0) is 17.6. The molecule has 1 aliphatic heterocycles. The van der Waals surface area contributed by atoms with Crippen molar-refractivity contribution in [3.8, 4) is 0 Å². The number of carbonyl (C=O) groups excluding carboxylic acids is 1. The van der Waals surface area contributed by atoms with Crippen molar-refractivity contribution in [2.24, 2.45) is 11.8 Å². The van der Waals surface area contributed by atoms with Crippen molar-refractivity contribution in [3.05, 3.63) is 17.0 Å². The lowest BCUT2D eigenvalue weighted by Gasteiger charge is -2.28. The number of amides is 1. The van der Waals surface area contributed by atoms with Gasteiger partial charge in [-0.15, -0.1) is 11.3 Å². The number of carbonyl (C=O) groups is 1. The van der Waals surface area contributed by atoms with E-state index in [0.29, 0.717) is 41.6 Å². The Bertz CT molecular complexity index is 732. The number of likely N-dealkylation sites (N-methyl/N-ethyl adjacent to an activating group) is 1. The normalized spacial score (nSPS) is 21.8. The van der Waals surface area contributed by atoms with Crippen LogP contribution in [0.4, 0.5) is 0 Å². The number of hydrogen-bond acceptors (Lipinski definition) is 4. The highest BCUT2D eigenvalue weighted by molar-refractivity contribution is 7.91. The summed E-state index contributed by atoms with van der Waals surface area (Å²) in [6, 6.07) is 3.88. The minimum atomic E-state index is -3.37. The van der Waals surface area contributed by atoms with Gasteiger partial charge in [-0.3, -0.25) is 4.79 Å². The second-order valence-corrected chi connectivity index (χ2v) is 11.0. The fourth-order valence-electron chi connectivity index (χ4n) is 3.98. The molecule has 7 heteroatoms. The monoisotopic (exact) mass is 382 g/mol. The quantitative estimate of drug-likeness (QED) is 0.729.